The fourth-order valence-electron chi connectivity index (χ4n) is 0.821. The molecule has 4 nitrogen and oxygen atoms in total. The van der Waals surface area contributed by atoms with Gasteiger partial charge in [-0.1, -0.05) is 13.2 Å². The van der Waals surface area contributed by atoms with Gasteiger partial charge in [-0.25, -0.2) is 0 Å². The van der Waals surface area contributed by atoms with E-state index in [1.807, 2.05) is 0 Å². The van der Waals surface area contributed by atoms with Gasteiger partial charge in [0.1, 0.15) is 0 Å². The molecule has 12 heavy (non-hydrogen) atoms. The van der Waals surface area contributed by atoms with Gasteiger partial charge in [0.2, 0.25) is 0 Å². The highest BCUT2D eigenvalue weighted by molar-refractivity contribution is 4.90. The van der Waals surface area contributed by atoms with E-state index in [4.69, 9.17) is 11.7 Å². The number of nitrogens with two attached hydrogens (primary N) is 2. The molecule has 0 radical (unpaired) electrons. The largest absolute Gasteiger partial charge is 0.329 e. The predicted molar refractivity (Wildman–Crippen MR) is 51.4 cm³/mol. The van der Waals surface area contributed by atoms with E-state index in [1.54, 1.807) is 0 Å². The molecule has 0 aromatic rings. The van der Waals surface area contributed by atoms with Gasteiger partial charge in [-0.05, 0) is 25.7 Å². The van der Waals surface area contributed by atoms with Gasteiger partial charge in [-0.3, -0.25) is 11.7 Å². The van der Waals surface area contributed by atoms with E-state index in [2.05, 4.69) is 24.0 Å². The molecule has 0 fully saturated rings. The molecule has 0 amide bonds. The van der Waals surface area contributed by atoms with Crippen LogP contribution in [0.3, 0.4) is 0 Å². The molecular weight excluding hydrogens is 152 g/mol. The Morgan fingerprint density at radius 2 is 1.25 bits per heavy atom. The first kappa shape index (κ1) is 11.0. The summed E-state index contributed by atoms with van der Waals surface area (Å²) in [6, 6.07) is 0. The molecule has 0 bridgehead atoms. The maximum Gasteiger partial charge on any atom is 0.0187 e. The molecule has 0 rings (SSSR count). The summed E-state index contributed by atoms with van der Waals surface area (Å²) in [7, 11) is 0. The second-order valence-electron chi connectivity index (χ2n) is 2.70. The topological polar surface area (TPSA) is 76.1 Å². The van der Waals surface area contributed by atoms with Crippen molar-refractivity contribution in [3.63, 3.8) is 0 Å². The zero-order valence-corrected chi connectivity index (χ0v) is 7.40. The van der Waals surface area contributed by atoms with Gasteiger partial charge in [0, 0.05) is 11.4 Å². The van der Waals surface area contributed by atoms with Crippen LogP contribution in [0.25, 0.3) is 0 Å². The summed E-state index contributed by atoms with van der Waals surface area (Å²) in [4.78, 5) is 0. The van der Waals surface area contributed by atoms with Gasteiger partial charge in [-0.2, -0.15) is 0 Å². The fourth-order valence-corrected chi connectivity index (χ4v) is 0.821. The first-order valence-electron chi connectivity index (χ1n) is 3.99. The summed E-state index contributed by atoms with van der Waals surface area (Å²) in [6.07, 6.45) is 3.89. The van der Waals surface area contributed by atoms with E-state index in [0.717, 1.165) is 37.1 Å². The molecular formula is C8H18N4. The Kier molecular flexibility index (Phi) is 6.14. The minimum Gasteiger partial charge on any atom is -0.329 e. The molecule has 6 N–H and O–H groups in total. The minimum atomic E-state index is 0.862. The molecule has 0 aromatic carbocycles. The van der Waals surface area contributed by atoms with Crippen LogP contribution >= 0.6 is 0 Å². The van der Waals surface area contributed by atoms with Crippen LogP contribution < -0.4 is 22.5 Å². The first-order valence-corrected chi connectivity index (χ1v) is 3.99. The maximum absolute atomic E-state index is 5.14. The van der Waals surface area contributed by atoms with E-state index in [-0.39, 0.29) is 0 Å². The number of hydrogen-bond acceptors (Lipinski definition) is 4. The van der Waals surface area contributed by atoms with Crippen molar-refractivity contribution in [2.45, 2.75) is 25.7 Å². The Bertz CT molecular complexity index is 135. The van der Waals surface area contributed by atoms with Crippen molar-refractivity contribution in [2.24, 2.45) is 11.7 Å². The molecule has 0 saturated heterocycles. The summed E-state index contributed by atoms with van der Waals surface area (Å²) in [5, 5.41) is 0. The fraction of sp³-hybridized carbons (Fsp3) is 0.500. The number of hydrogen-bond donors (Lipinski definition) is 4. The van der Waals surface area contributed by atoms with Crippen molar-refractivity contribution in [3.8, 4) is 0 Å². The standard InChI is InChI=1S/C8H18N4/c1-7(11-9)5-3-4-6-8(2)12-10/h11-12H,1-6,9-10H2. The minimum absolute atomic E-state index is 0.862. The van der Waals surface area contributed by atoms with Crippen molar-refractivity contribution in [1.82, 2.24) is 10.9 Å². The molecule has 0 aliphatic heterocycles. The van der Waals surface area contributed by atoms with Crippen molar-refractivity contribution in [3.05, 3.63) is 24.6 Å². The van der Waals surface area contributed by atoms with Crippen molar-refractivity contribution >= 4 is 0 Å². The number of rotatable bonds is 7. The molecule has 70 valence electrons. The smallest absolute Gasteiger partial charge is 0.0187 e. The van der Waals surface area contributed by atoms with Crippen LogP contribution in [-0.2, 0) is 0 Å². The summed E-state index contributed by atoms with van der Waals surface area (Å²) < 4.78 is 0. The van der Waals surface area contributed by atoms with Crippen molar-refractivity contribution in [2.75, 3.05) is 0 Å². The molecule has 0 spiro atoms. The lowest BCUT2D eigenvalue weighted by molar-refractivity contribution is 0.664. The zero-order chi connectivity index (χ0) is 9.40. The highest BCUT2D eigenvalue weighted by atomic mass is 15.2. The normalized spacial score (nSPS) is 9.17. The van der Waals surface area contributed by atoms with E-state index < -0.39 is 0 Å². The Hall–Kier alpha value is -1.00. The van der Waals surface area contributed by atoms with Gasteiger partial charge in [0.05, 0.1) is 0 Å². The van der Waals surface area contributed by atoms with Gasteiger partial charge < -0.3 is 10.9 Å². The number of hydrazine groups is 2. The van der Waals surface area contributed by atoms with Crippen LogP contribution in [0.1, 0.15) is 25.7 Å². The highest BCUT2D eigenvalue weighted by Crippen LogP contribution is 2.06. The quantitative estimate of drug-likeness (QED) is 0.255. The third-order valence-corrected chi connectivity index (χ3v) is 1.62. The van der Waals surface area contributed by atoms with Crippen LogP contribution in [0.15, 0.2) is 24.6 Å². The lowest BCUT2D eigenvalue weighted by Gasteiger charge is -2.05. The zero-order valence-electron chi connectivity index (χ0n) is 7.40. The molecule has 0 heterocycles. The summed E-state index contributed by atoms with van der Waals surface area (Å²) >= 11 is 0. The highest BCUT2D eigenvalue weighted by Gasteiger charge is 1.93. The Morgan fingerprint density at radius 1 is 0.917 bits per heavy atom. The van der Waals surface area contributed by atoms with Crippen LogP contribution in [0, 0.1) is 0 Å². The first-order chi connectivity index (χ1) is 5.70. The Morgan fingerprint density at radius 3 is 1.50 bits per heavy atom. The van der Waals surface area contributed by atoms with Gasteiger partial charge in [0.25, 0.3) is 0 Å². The molecule has 0 aliphatic rings. The predicted octanol–water partition coefficient (Wildman–Crippen LogP) is 0.501. The number of allylic oxidation sites excluding steroid dienone is 2. The van der Waals surface area contributed by atoms with Crippen molar-refractivity contribution in [1.29, 1.82) is 0 Å². The molecule has 0 atom stereocenters. The summed E-state index contributed by atoms with van der Waals surface area (Å²) in [5.74, 6) is 10.3. The molecule has 0 aliphatic carbocycles. The summed E-state index contributed by atoms with van der Waals surface area (Å²) in [6.45, 7) is 7.42. The Labute approximate surface area is 73.6 Å². The van der Waals surface area contributed by atoms with E-state index >= 15 is 0 Å². The average molecular weight is 170 g/mol. The third kappa shape index (κ3) is 5.76. The van der Waals surface area contributed by atoms with E-state index in [0.29, 0.717) is 0 Å². The van der Waals surface area contributed by atoms with Crippen molar-refractivity contribution < 1.29 is 0 Å². The second kappa shape index (κ2) is 6.69. The van der Waals surface area contributed by atoms with Crippen LogP contribution in [0.5, 0.6) is 0 Å². The summed E-state index contributed by atoms with van der Waals surface area (Å²) in [5.41, 5.74) is 6.74. The SMILES string of the molecule is C=C(CCCCC(=C)NN)NN. The second-order valence-corrected chi connectivity index (χ2v) is 2.70. The monoisotopic (exact) mass is 170 g/mol. The van der Waals surface area contributed by atoms with Gasteiger partial charge in [-0.15, -0.1) is 0 Å². The van der Waals surface area contributed by atoms with E-state index in [1.165, 1.54) is 0 Å². The molecule has 0 unspecified atom stereocenters. The number of unbranched alkanes of at least 4 members (excludes halogenated alkanes) is 1. The average Bonchev–Trinajstić information content (AvgIpc) is 2.11. The third-order valence-electron chi connectivity index (χ3n) is 1.62. The number of nitrogens with one attached hydrogen (secondary N) is 2. The van der Waals surface area contributed by atoms with Gasteiger partial charge >= 0.3 is 0 Å². The maximum atomic E-state index is 5.14. The molecule has 0 saturated carbocycles. The van der Waals surface area contributed by atoms with Crippen LogP contribution in [0.4, 0.5) is 0 Å². The lowest BCUT2D eigenvalue weighted by atomic mass is 10.1. The molecule has 0 aromatic heterocycles. The van der Waals surface area contributed by atoms with Crippen LogP contribution in [-0.4, -0.2) is 0 Å². The lowest BCUT2D eigenvalue weighted by Crippen LogP contribution is -2.21. The Balaban J connectivity index is 3.21. The van der Waals surface area contributed by atoms with Gasteiger partial charge in [0.15, 0.2) is 0 Å². The van der Waals surface area contributed by atoms with Crippen LogP contribution in [0.2, 0.25) is 0 Å². The molecule has 4 heteroatoms. The van der Waals surface area contributed by atoms with E-state index in [9.17, 15) is 0 Å².